The number of amides is 1. The number of phenols is 1. The molecule has 0 aliphatic heterocycles. The van der Waals surface area contributed by atoms with Gasteiger partial charge in [-0.05, 0) is 35.2 Å². The number of nitrogens with one attached hydrogen (secondary N) is 1. The fourth-order valence-corrected chi connectivity index (χ4v) is 2.04. The van der Waals surface area contributed by atoms with Crippen molar-refractivity contribution in [1.82, 2.24) is 4.98 Å². The van der Waals surface area contributed by atoms with Gasteiger partial charge >= 0.3 is 0 Å². The Hall–Kier alpha value is -2.07. The van der Waals surface area contributed by atoms with Gasteiger partial charge in [0.05, 0.1) is 16.3 Å². The molecule has 2 N–H and O–H groups in total. The molecule has 5 heteroatoms. The van der Waals surface area contributed by atoms with Gasteiger partial charge in [-0.2, -0.15) is 0 Å². The summed E-state index contributed by atoms with van der Waals surface area (Å²) in [5.41, 5.74) is 1.48. The number of halogens is 1. The predicted molar refractivity (Wildman–Crippen MR) is 84.0 cm³/mol. The lowest BCUT2D eigenvalue weighted by atomic mass is 9.86. The number of carbonyl (C=O) groups excluding carboxylic acids is 1. The molecule has 1 aromatic heterocycles. The van der Waals surface area contributed by atoms with E-state index in [2.05, 4.69) is 10.3 Å². The summed E-state index contributed by atoms with van der Waals surface area (Å²) in [5, 5.41) is 12.9. The maximum absolute atomic E-state index is 12.1. The van der Waals surface area contributed by atoms with E-state index in [1.54, 1.807) is 30.5 Å². The van der Waals surface area contributed by atoms with Gasteiger partial charge in [0.2, 0.25) is 0 Å². The van der Waals surface area contributed by atoms with Gasteiger partial charge in [0.15, 0.2) is 5.75 Å². The third kappa shape index (κ3) is 3.52. The highest BCUT2D eigenvalue weighted by Crippen LogP contribution is 2.37. The summed E-state index contributed by atoms with van der Waals surface area (Å²) in [6.07, 6.45) is 3.05. The van der Waals surface area contributed by atoms with Crippen molar-refractivity contribution in [3.05, 3.63) is 52.8 Å². The first kappa shape index (κ1) is 15.3. The quantitative estimate of drug-likeness (QED) is 0.825. The number of pyridine rings is 1. The normalized spacial score (nSPS) is 11.2. The number of anilines is 1. The summed E-state index contributed by atoms with van der Waals surface area (Å²) in [6, 6.07) is 6.76. The van der Waals surface area contributed by atoms with Crippen LogP contribution in [0.3, 0.4) is 0 Å². The molecule has 1 aromatic carbocycles. The molecule has 0 bridgehead atoms. The Balaban J connectivity index is 2.36. The number of carbonyl (C=O) groups is 1. The van der Waals surface area contributed by atoms with E-state index in [1.807, 2.05) is 20.8 Å². The molecule has 0 fully saturated rings. The molecule has 0 saturated carbocycles. The molecular formula is C16H17ClN2O2. The summed E-state index contributed by atoms with van der Waals surface area (Å²) in [5.74, 6) is -0.484. The summed E-state index contributed by atoms with van der Waals surface area (Å²) < 4.78 is 0. The van der Waals surface area contributed by atoms with Crippen LogP contribution in [-0.2, 0) is 5.41 Å². The lowest BCUT2D eigenvalue weighted by Gasteiger charge is -2.21. The number of hydrogen-bond acceptors (Lipinski definition) is 3. The second-order valence-corrected chi connectivity index (χ2v) is 6.21. The molecule has 0 saturated heterocycles. The Kier molecular flexibility index (Phi) is 4.19. The van der Waals surface area contributed by atoms with Gasteiger partial charge in [-0.1, -0.05) is 32.4 Å². The zero-order valence-corrected chi connectivity index (χ0v) is 12.9. The van der Waals surface area contributed by atoms with E-state index < -0.39 is 0 Å². The molecule has 0 aliphatic carbocycles. The second kappa shape index (κ2) is 5.74. The Morgan fingerprint density at radius 1 is 1.33 bits per heavy atom. The van der Waals surface area contributed by atoms with Crippen LogP contribution in [0.25, 0.3) is 0 Å². The van der Waals surface area contributed by atoms with Crippen LogP contribution in [-0.4, -0.2) is 16.0 Å². The topological polar surface area (TPSA) is 62.2 Å². The Morgan fingerprint density at radius 2 is 2.05 bits per heavy atom. The van der Waals surface area contributed by atoms with Crippen LogP contribution in [0.4, 0.5) is 5.69 Å². The fraction of sp³-hybridized carbons (Fsp3) is 0.250. The molecular weight excluding hydrogens is 288 g/mol. The molecule has 0 spiro atoms. The van der Waals surface area contributed by atoms with Crippen LogP contribution in [0, 0.1) is 0 Å². The van der Waals surface area contributed by atoms with Crippen molar-refractivity contribution in [2.24, 2.45) is 0 Å². The van der Waals surface area contributed by atoms with Crippen molar-refractivity contribution in [2.45, 2.75) is 26.2 Å². The van der Waals surface area contributed by atoms with Gasteiger partial charge in [0.25, 0.3) is 5.91 Å². The maximum atomic E-state index is 12.1. The third-order valence-corrected chi connectivity index (χ3v) is 3.39. The Labute approximate surface area is 128 Å². The predicted octanol–water partition coefficient (Wildman–Crippen LogP) is 3.99. The molecule has 0 aliphatic rings. The van der Waals surface area contributed by atoms with Gasteiger partial charge in [-0.25, -0.2) is 0 Å². The lowest BCUT2D eigenvalue weighted by Crippen LogP contribution is -2.15. The first-order valence-electron chi connectivity index (χ1n) is 6.53. The number of phenolic OH excluding ortho intramolecular Hbond substituents is 1. The van der Waals surface area contributed by atoms with Crippen molar-refractivity contribution >= 4 is 23.2 Å². The van der Waals surface area contributed by atoms with Crippen molar-refractivity contribution in [3.8, 4) is 5.75 Å². The van der Waals surface area contributed by atoms with E-state index in [4.69, 9.17) is 11.6 Å². The Morgan fingerprint density at radius 3 is 2.62 bits per heavy atom. The van der Waals surface area contributed by atoms with Crippen LogP contribution in [0.5, 0.6) is 5.75 Å². The van der Waals surface area contributed by atoms with Crippen molar-refractivity contribution in [2.75, 3.05) is 5.32 Å². The van der Waals surface area contributed by atoms with Gasteiger partial charge < -0.3 is 10.4 Å². The lowest BCUT2D eigenvalue weighted by molar-refractivity contribution is 0.102. The van der Waals surface area contributed by atoms with Crippen LogP contribution in [0.15, 0.2) is 36.7 Å². The Bertz CT molecular complexity index is 664. The van der Waals surface area contributed by atoms with Crippen molar-refractivity contribution < 1.29 is 9.90 Å². The molecule has 110 valence electrons. The number of aromatic hydroxyl groups is 1. The van der Waals surface area contributed by atoms with Gasteiger partial charge in [0.1, 0.15) is 0 Å². The molecule has 1 heterocycles. The number of rotatable bonds is 2. The van der Waals surface area contributed by atoms with E-state index in [1.165, 1.54) is 6.20 Å². The number of benzene rings is 1. The minimum atomic E-state index is -0.347. The van der Waals surface area contributed by atoms with Crippen molar-refractivity contribution in [1.29, 1.82) is 0 Å². The zero-order valence-electron chi connectivity index (χ0n) is 12.1. The highest BCUT2D eigenvalue weighted by molar-refractivity contribution is 6.32. The van der Waals surface area contributed by atoms with E-state index in [9.17, 15) is 9.90 Å². The third-order valence-electron chi connectivity index (χ3n) is 3.10. The number of nitrogens with zero attached hydrogens (tertiary/aromatic N) is 1. The van der Waals surface area contributed by atoms with Crippen LogP contribution >= 0.6 is 11.6 Å². The van der Waals surface area contributed by atoms with Gasteiger partial charge in [-0.15, -0.1) is 0 Å². The van der Waals surface area contributed by atoms with Gasteiger partial charge in [-0.3, -0.25) is 9.78 Å². The highest BCUT2D eigenvalue weighted by Gasteiger charge is 2.19. The summed E-state index contributed by atoms with van der Waals surface area (Å²) >= 11 is 6.04. The summed E-state index contributed by atoms with van der Waals surface area (Å²) in [4.78, 5) is 16.0. The SMILES string of the molecule is CC(C)(C)c1cc(Cl)c(O)c(NC(=O)c2cccnc2)c1. The van der Waals surface area contributed by atoms with Crippen LogP contribution in [0.2, 0.25) is 5.02 Å². The molecule has 1 amide bonds. The highest BCUT2D eigenvalue weighted by atomic mass is 35.5. The van der Waals surface area contributed by atoms with Crippen molar-refractivity contribution in [3.63, 3.8) is 0 Å². The minimum absolute atomic E-state index is 0.137. The molecule has 0 unspecified atom stereocenters. The van der Waals surface area contributed by atoms with Crippen LogP contribution < -0.4 is 5.32 Å². The zero-order chi connectivity index (χ0) is 15.6. The second-order valence-electron chi connectivity index (χ2n) is 5.80. The monoisotopic (exact) mass is 304 g/mol. The standard InChI is InChI=1S/C16H17ClN2O2/c1-16(2,3)11-7-12(17)14(20)13(8-11)19-15(21)10-5-4-6-18-9-10/h4-9,20H,1-3H3,(H,19,21). The number of hydrogen-bond donors (Lipinski definition) is 2. The molecule has 4 nitrogen and oxygen atoms in total. The maximum Gasteiger partial charge on any atom is 0.257 e. The van der Waals surface area contributed by atoms with Gasteiger partial charge in [0, 0.05) is 12.4 Å². The molecule has 21 heavy (non-hydrogen) atoms. The molecule has 0 atom stereocenters. The molecule has 2 rings (SSSR count). The van der Waals surface area contributed by atoms with E-state index in [-0.39, 0.29) is 22.1 Å². The number of aromatic nitrogens is 1. The fourth-order valence-electron chi connectivity index (χ4n) is 1.82. The van der Waals surface area contributed by atoms with Crippen LogP contribution in [0.1, 0.15) is 36.7 Å². The average molecular weight is 305 g/mol. The first-order valence-corrected chi connectivity index (χ1v) is 6.91. The first-order chi connectivity index (χ1) is 9.79. The van der Waals surface area contributed by atoms with E-state index >= 15 is 0 Å². The summed E-state index contributed by atoms with van der Waals surface area (Å²) in [6.45, 7) is 6.09. The minimum Gasteiger partial charge on any atom is -0.504 e. The largest absolute Gasteiger partial charge is 0.504 e. The van der Waals surface area contributed by atoms with E-state index in [0.29, 0.717) is 11.3 Å². The average Bonchev–Trinajstić information content (AvgIpc) is 2.43. The smallest absolute Gasteiger partial charge is 0.257 e. The molecule has 0 radical (unpaired) electrons. The van der Waals surface area contributed by atoms with E-state index in [0.717, 1.165) is 5.56 Å². The summed E-state index contributed by atoms with van der Waals surface area (Å²) in [7, 11) is 0. The molecule has 2 aromatic rings.